The van der Waals surface area contributed by atoms with Gasteiger partial charge in [-0.3, -0.25) is 24.6 Å². The van der Waals surface area contributed by atoms with E-state index in [9.17, 15) is 24.5 Å². The number of hydrogen-bond acceptors (Lipinski definition) is 6. The summed E-state index contributed by atoms with van der Waals surface area (Å²) in [6.07, 6.45) is 3.27. The number of amides is 3. The molecule has 9 heteroatoms. The van der Waals surface area contributed by atoms with Crippen LogP contribution >= 0.6 is 0 Å². The van der Waals surface area contributed by atoms with E-state index in [-0.39, 0.29) is 24.1 Å². The monoisotopic (exact) mass is 375 g/mol. The highest BCUT2D eigenvalue weighted by molar-refractivity contribution is 6.08. The predicted octanol–water partition coefficient (Wildman–Crippen LogP) is 2.14. The van der Waals surface area contributed by atoms with E-state index in [1.807, 2.05) is 6.92 Å². The quantitative estimate of drug-likeness (QED) is 0.364. The Kier molecular flexibility index (Phi) is 5.11. The number of carbonyl (C=O) groups is 3. The van der Waals surface area contributed by atoms with Crippen molar-refractivity contribution in [1.82, 2.24) is 10.2 Å². The van der Waals surface area contributed by atoms with Crippen LogP contribution in [0.15, 0.2) is 24.3 Å². The van der Waals surface area contributed by atoms with Crippen LogP contribution in [0.3, 0.4) is 0 Å². The lowest BCUT2D eigenvalue weighted by Crippen LogP contribution is -2.54. The molecule has 2 atom stereocenters. The first-order valence-electron chi connectivity index (χ1n) is 8.86. The molecule has 3 amide bonds. The fourth-order valence-electron chi connectivity index (χ4n) is 3.74. The molecule has 1 aromatic carbocycles. The second-order valence-corrected chi connectivity index (χ2v) is 7.03. The summed E-state index contributed by atoms with van der Waals surface area (Å²) in [5.41, 5.74) is -0.576. The summed E-state index contributed by atoms with van der Waals surface area (Å²) in [5.74, 6) is -1.12. The molecule has 2 aliphatic rings. The molecular weight excluding hydrogens is 354 g/mol. The van der Waals surface area contributed by atoms with E-state index >= 15 is 0 Å². The predicted molar refractivity (Wildman–Crippen MR) is 93.5 cm³/mol. The topological polar surface area (TPSA) is 119 Å². The Morgan fingerprint density at radius 2 is 2.19 bits per heavy atom. The fourth-order valence-corrected chi connectivity index (χ4v) is 3.74. The Balaban J connectivity index is 1.61. The molecule has 0 bridgehead atoms. The normalized spacial score (nSPS) is 24.8. The second-order valence-electron chi connectivity index (χ2n) is 7.03. The van der Waals surface area contributed by atoms with Gasteiger partial charge >= 0.3 is 12.0 Å². The Hall–Kier alpha value is -2.97. The number of benzene rings is 1. The lowest BCUT2D eigenvalue weighted by molar-refractivity contribution is -0.384. The zero-order valence-corrected chi connectivity index (χ0v) is 15.0. The molecule has 1 aliphatic carbocycles. The molecule has 144 valence electrons. The maximum Gasteiger partial charge on any atom is 0.326 e. The van der Waals surface area contributed by atoms with Crippen LogP contribution in [-0.4, -0.2) is 39.8 Å². The van der Waals surface area contributed by atoms with E-state index in [0.29, 0.717) is 12.0 Å². The van der Waals surface area contributed by atoms with Crippen molar-refractivity contribution in [3.63, 3.8) is 0 Å². The van der Waals surface area contributed by atoms with Gasteiger partial charge in [0.15, 0.2) is 0 Å². The van der Waals surface area contributed by atoms with Crippen LogP contribution in [0.5, 0.6) is 0 Å². The molecule has 1 saturated heterocycles. The van der Waals surface area contributed by atoms with Crippen LogP contribution < -0.4 is 5.32 Å². The number of urea groups is 1. The van der Waals surface area contributed by atoms with Gasteiger partial charge in [-0.1, -0.05) is 31.9 Å². The number of hydrogen-bond donors (Lipinski definition) is 1. The maximum atomic E-state index is 12.8. The number of rotatable bonds is 5. The Bertz CT molecular complexity index is 795. The van der Waals surface area contributed by atoms with E-state index in [4.69, 9.17) is 4.74 Å². The average Bonchev–Trinajstić information content (AvgIpc) is 2.88. The number of imide groups is 1. The van der Waals surface area contributed by atoms with Gasteiger partial charge < -0.3 is 10.1 Å². The van der Waals surface area contributed by atoms with Crippen molar-refractivity contribution in [3.05, 3.63) is 39.9 Å². The van der Waals surface area contributed by atoms with Crippen molar-refractivity contribution >= 4 is 23.6 Å². The number of esters is 1. The Labute approximate surface area is 155 Å². The largest absolute Gasteiger partial charge is 0.459 e. The van der Waals surface area contributed by atoms with E-state index < -0.39 is 29.0 Å². The zero-order chi connectivity index (χ0) is 19.6. The van der Waals surface area contributed by atoms with Gasteiger partial charge in [-0.2, -0.15) is 0 Å². The molecule has 27 heavy (non-hydrogen) atoms. The van der Waals surface area contributed by atoms with Gasteiger partial charge in [-0.15, -0.1) is 0 Å². The standard InChI is InChI=1S/C18H21N3O6/c1-12-5-2-3-8-18(12)16(23)20(17(24)19-18)10-15(22)27-11-13-6-4-7-14(9-13)21(25)26/h4,6-7,9,12H,2-3,5,8,10-11H2,1H3,(H,19,24). The van der Waals surface area contributed by atoms with Gasteiger partial charge in [-0.05, 0) is 24.3 Å². The van der Waals surface area contributed by atoms with Crippen LogP contribution in [0.25, 0.3) is 0 Å². The van der Waals surface area contributed by atoms with E-state index in [1.54, 1.807) is 6.07 Å². The summed E-state index contributed by atoms with van der Waals surface area (Å²) >= 11 is 0. The lowest BCUT2D eigenvalue weighted by Gasteiger charge is -2.36. The van der Waals surface area contributed by atoms with Gasteiger partial charge in [0.25, 0.3) is 11.6 Å². The summed E-state index contributed by atoms with van der Waals surface area (Å²) in [6, 6.07) is 5.14. The molecule has 1 heterocycles. The first-order valence-corrected chi connectivity index (χ1v) is 8.86. The molecule has 1 spiro atoms. The first kappa shape index (κ1) is 18.8. The Morgan fingerprint density at radius 3 is 2.89 bits per heavy atom. The van der Waals surface area contributed by atoms with Gasteiger partial charge in [0.1, 0.15) is 18.7 Å². The molecule has 3 rings (SSSR count). The molecule has 2 fully saturated rings. The number of nitro groups is 1. The smallest absolute Gasteiger partial charge is 0.326 e. The van der Waals surface area contributed by atoms with Gasteiger partial charge in [0.05, 0.1) is 4.92 Å². The summed E-state index contributed by atoms with van der Waals surface area (Å²) in [6.45, 7) is 1.28. The number of nitro benzene ring substituents is 1. The highest BCUT2D eigenvalue weighted by atomic mass is 16.6. The third-order valence-electron chi connectivity index (χ3n) is 5.31. The number of carbonyl (C=O) groups excluding carboxylic acids is 3. The molecule has 1 saturated carbocycles. The minimum absolute atomic E-state index is 0.00795. The number of nitrogens with one attached hydrogen (secondary N) is 1. The molecule has 0 aromatic heterocycles. The van der Waals surface area contributed by atoms with Crippen molar-refractivity contribution in [2.75, 3.05) is 6.54 Å². The summed E-state index contributed by atoms with van der Waals surface area (Å²) < 4.78 is 5.09. The molecular formula is C18H21N3O6. The number of nitrogens with zero attached hydrogens (tertiary/aromatic N) is 2. The Morgan fingerprint density at radius 1 is 1.41 bits per heavy atom. The fraction of sp³-hybridized carbons (Fsp3) is 0.500. The van der Waals surface area contributed by atoms with Gasteiger partial charge in [0, 0.05) is 12.1 Å². The molecule has 9 nitrogen and oxygen atoms in total. The van der Waals surface area contributed by atoms with Crippen molar-refractivity contribution in [1.29, 1.82) is 0 Å². The zero-order valence-electron chi connectivity index (χ0n) is 15.0. The van der Waals surface area contributed by atoms with Crippen LogP contribution in [-0.2, 0) is 20.9 Å². The average molecular weight is 375 g/mol. The number of non-ortho nitro benzene ring substituents is 1. The molecule has 1 aliphatic heterocycles. The molecule has 1 N–H and O–H groups in total. The lowest BCUT2D eigenvalue weighted by atomic mass is 9.73. The van der Waals surface area contributed by atoms with Crippen LogP contribution in [0, 0.1) is 16.0 Å². The highest BCUT2D eigenvalue weighted by Gasteiger charge is 2.55. The van der Waals surface area contributed by atoms with Crippen LogP contribution in [0.2, 0.25) is 0 Å². The summed E-state index contributed by atoms with van der Waals surface area (Å²) in [5, 5.41) is 13.5. The maximum absolute atomic E-state index is 12.8. The molecule has 1 aromatic rings. The third kappa shape index (κ3) is 3.62. The first-order chi connectivity index (χ1) is 12.8. The minimum Gasteiger partial charge on any atom is -0.459 e. The van der Waals surface area contributed by atoms with Crippen LogP contribution in [0.4, 0.5) is 10.5 Å². The summed E-state index contributed by atoms with van der Waals surface area (Å²) in [4.78, 5) is 48.3. The summed E-state index contributed by atoms with van der Waals surface area (Å²) in [7, 11) is 0. The SMILES string of the molecule is CC1CCCCC12NC(=O)N(CC(=O)OCc1cccc([N+](=O)[O-])c1)C2=O. The molecule has 0 radical (unpaired) electrons. The third-order valence-corrected chi connectivity index (χ3v) is 5.31. The molecule has 2 unspecified atom stereocenters. The van der Waals surface area contributed by atoms with Crippen molar-refractivity contribution in [2.45, 2.75) is 44.8 Å². The van der Waals surface area contributed by atoms with Crippen molar-refractivity contribution in [3.8, 4) is 0 Å². The van der Waals surface area contributed by atoms with E-state index in [0.717, 1.165) is 24.2 Å². The number of ether oxygens (including phenoxy) is 1. The van der Waals surface area contributed by atoms with Crippen LogP contribution in [0.1, 0.15) is 38.2 Å². The second kappa shape index (κ2) is 7.34. The van der Waals surface area contributed by atoms with Gasteiger partial charge in [-0.25, -0.2) is 4.79 Å². The highest BCUT2D eigenvalue weighted by Crippen LogP contribution is 2.38. The van der Waals surface area contributed by atoms with Gasteiger partial charge in [0.2, 0.25) is 0 Å². The van der Waals surface area contributed by atoms with Crippen molar-refractivity contribution < 1.29 is 24.0 Å². The van der Waals surface area contributed by atoms with Crippen molar-refractivity contribution in [2.24, 2.45) is 5.92 Å². The van der Waals surface area contributed by atoms with E-state index in [2.05, 4.69) is 5.32 Å². The minimum atomic E-state index is -0.921. The van der Waals surface area contributed by atoms with E-state index in [1.165, 1.54) is 18.2 Å².